The van der Waals surface area contributed by atoms with Crippen LogP contribution in [0.1, 0.15) is 12.8 Å². The second-order valence-corrected chi connectivity index (χ2v) is 11.3. The van der Waals surface area contributed by atoms with Crippen molar-refractivity contribution in [1.29, 1.82) is 0 Å². The Labute approximate surface area is 239 Å². The van der Waals surface area contributed by atoms with E-state index in [2.05, 4.69) is 20.0 Å². The molecule has 11 nitrogen and oxygen atoms in total. The molecule has 0 atom stereocenters. The Hall–Kier alpha value is -5.11. The number of nitrogens with two attached hydrogens (primary N) is 1. The van der Waals surface area contributed by atoms with Gasteiger partial charge in [0.15, 0.2) is 11.6 Å². The number of carbonyl (C=O) groups is 2. The van der Waals surface area contributed by atoms with Crippen molar-refractivity contribution in [3.05, 3.63) is 90.6 Å². The summed E-state index contributed by atoms with van der Waals surface area (Å²) in [5.41, 5.74) is 5.20. The lowest BCUT2D eigenvalue weighted by molar-refractivity contribution is -0.133. The lowest BCUT2D eigenvalue weighted by Crippen LogP contribution is -2.41. The van der Waals surface area contributed by atoms with Crippen molar-refractivity contribution in [2.45, 2.75) is 12.8 Å². The van der Waals surface area contributed by atoms with Gasteiger partial charge in [0.05, 0.1) is 17.6 Å². The van der Waals surface area contributed by atoms with Crippen LogP contribution >= 0.6 is 0 Å². The molecule has 42 heavy (non-hydrogen) atoms. The van der Waals surface area contributed by atoms with Crippen LogP contribution < -0.4 is 25.4 Å². The predicted molar refractivity (Wildman–Crippen MR) is 151 cm³/mol. The minimum absolute atomic E-state index is 0.0123. The van der Waals surface area contributed by atoms with Gasteiger partial charge in [-0.2, -0.15) is 4.98 Å². The second kappa shape index (κ2) is 11.0. The van der Waals surface area contributed by atoms with E-state index in [0.717, 1.165) is 29.4 Å². The van der Waals surface area contributed by atoms with E-state index in [4.69, 9.17) is 10.5 Å². The number of nitrogens with one attached hydrogen (secondary N) is 2. The number of sulfonamides is 1. The summed E-state index contributed by atoms with van der Waals surface area (Å²) in [7, 11) is -3.47. The van der Waals surface area contributed by atoms with Crippen molar-refractivity contribution in [3.63, 3.8) is 0 Å². The van der Waals surface area contributed by atoms with E-state index in [1.807, 2.05) is 0 Å². The van der Waals surface area contributed by atoms with Gasteiger partial charge in [-0.05, 0) is 67.4 Å². The van der Waals surface area contributed by atoms with Crippen LogP contribution in [0.5, 0.6) is 11.6 Å². The first-order chi connectivity index (χ1) is 19.9. The van der Waals surface area contributed by atoms with Crippen molar-refractivity contribution in [2.75, 3.05) is 21.2 Å². The smallest absolute Gasteiger partial charge is 0.247 e. The monoisotopic (exact) mass is 594 g/mol. The van der Waals surface area contributed by atoms with Crippen molar-refractivity contribution in [1.82, 2.24) is 9.97 Å². The molecule has 0 aliphatic heterocycles. The maximum absolute atomic E-state index is 15.3. The summed E-state index contributed by atoms with van der Waals surface area (Å²) in [5.74, 6) is -2.94. The molecule has 14 heteroatoms. The number of anilines is 5. The first-order valence-corrected chi connectivity index (χ1v) is 14.4. The van der Waals surface area contributed by atoms with E-state index < -0.39 is 38.9 Å². The quantitative estimate of drug-likeness (QED) is 0.225. The van der Waals surface area contributed by atoms with Gasteiger partial charge in [0.2, 0.25) is 33.7 Å². The summed E-state index contributed by atoms with van der Waals surface area (Å²) >= 11 is 0. The molecule has 216 valence electrons. The molecule has 0 saturated heterocycles. The molecular formula is C28H24F2N6O5S. The zero-order valence-electron chi connectivity index (χ0n) is 22.0. The molecule has 4 N–H and O–H groups in total. The van der Waals surface area contributed by atoms with Crippen LogP contribution in [0.4, 0.5) is 37.5 Å². The number of benzene rings is 3. The minimum Gasteiger partial charge on any atom is -0.436 e. The molecule has 0 unspecified atom stereocenters. The number of amides is 2. The molecule has 0 spiro atoms. The fourth-order valence-corrected chi connectivity index (χ4v) is 4.72. The fourth-order valence-electron chi connectivity index (χ4n) is 4.17. The first kappa shape index (κ1) is 28.4. The normalized spacial score (nSPS) is 13.6. The van der Waals surface area contributed by atoms with E-state index in [9.17, 15) is 22.4 Å². The number of primary amides is 1. The largest absolute Gasteiger partial charge is 0.436 e. The molecule has 2 amide bonds. The van der Waals surface area contributed by atoms with Crippen LogP contribution in [-0.2, 0) is 19.6 Å². The lowest BCUT2D eigenvalue weighted by atomic mass is 10.0. The van der Waals surface area contributed by atoms with Gasteiger partial charge >= 0.3 is 0 Å². The van der Waals surface area contributed by atoms with Crippen molar-refractivity contribution in [3.8, 4) is 11.6 Å². The maximum Gasteiger partial charge on any atom is 0.247 e. The number of rotatable bonds is 10. The molecule has 1 aromatic heterocycles. The topological polar surface area (TPSA) is 157 Å². The Morgan fingerprint density at radius 3 is 2.31 bits per heavy atom. The number of ether oxygens (including phenoxy) is 1. The molecular weight excluding hydrogens is 570 g/mol. The van der Waals surface area contributed by atoms with E-state index in [1.54, 1.807) is 18.2 Å². The van der Waals surface area contributed by atoms with Gasteiger partial charge in [0.25, 0.3) is 0 Å². The number of aromatic nitrogens is 2. The molecule has 1 aliphatic rings. The Morgan fingerprint density at radius 1 is 0.976 bits per heavy atom. The van der Waals surface area contributed by atoms with Crippen LogP contribution in [0, 0.1) is 17.0 Å². The molecule has 5 rings (SSSR count). The zero-order chi connectivity index (χ0) is 30.1. The highest BCUT2D eigenvalue weighted by atomic mass is 32.2. The number of hydrogen-bond acceptors (Lipinski definition) is 8. The zero-order valence-corrected chi connectivity index (χ0v) is 22.9. The third-order valence-electron chi connectivity index (χ3n) is 6.36. The van der Waals surface area contributed by atoms with Crippen LogP contribution in [0.2, 0.25) is 0 Å². The van der Waals surface area contributed by atoms with Gasteiger partial charge in [-0.1, -0.05) is 6.07 Å². The van der Waals surface area contributed by atoms with Crippen LogP contribution in [0.25, 0.3) is 0 Å². The molecule has 0 bridgehead atoms. The lowest BCUT2D eigenvalue weighted by Gasteiger charge is -2.26. The molecule has 0 radical (unpaired) electrons. The number of hydrogen-bond donors (Lipinski definition) is 3. The van der Waals surface area contributed by atoms with Crippen molar-refractivity contribution >= 4 is 50.5 Å². The molecule has 4 aromatic rings. The SMILES string of the molecule is CS(=O)(=O)Nc1cccc(Nc2nccc(Oc3ccc(N(C(=O)C4(C(N)=O)CC4)c4ccc(F)cc4)cc3F)n2)c1. The summed E-state index contributed by atoms with van der Waals surface area (Å²) in [4.78, 5) is 34.9. The Kier molecular flexibility index (Phi) is 7.47. The average Bonchev–Trinajstić information content (AvgIpc) is 3.73. The van der Waals surface area contributed by atoms with Gasteiger partial charge in [-0.3, -0.25) is 19.2 Å². The summed E-state index contributed by atoms with van der Waals surface area (Å²) in [6, 6.07) is 16.5. The second-order valence-electron chi connectivity index (χ2n) is 9.58. The third kappa shape index (κ3) is 6.28. The van der Waals surface area contributed by atoms with E-state index in [0.29, 0.717) is 11.4 Å². The van der Waals surface area contributed by atoms with Crippen molar-refractivity contribution < 1.29 is 31.5 Å². The standard InChI is InChI=1S/C28H24F2N6O5S/c1-42(39,40)35-19-4-2-3-18(15-19)33-27-32-14-11-24(34-27)41-23-10-9-21(16-22(23)30)36(20-7-5-17(29)6-8-20)26(38)28(12-13-28)25(31)37/h2-11,14-16,35H,12-13H2,1H3,(H2,31,37)(H,32,33,34). The van der Waals surface area contributed by atoms with Gasteiger partial charge in [0, 0.05) is 29.7 Å². The maximum atomic E-state index is 15.3. The van der Waals surface area contributed by atoms with Crippen molar-refractivity contribution in [2.24, 2.45) is 11.1 Å². The third-order valence-corrected chi connectivity index (χ3v) is 6.97. The van der Waals surface area contributed by atoms with Gasteiger partial charge in [-0.25, -0.2) is 22.2 Å². The van der Waals surface area contributed by atoms with E-state index in [1.165, 1.54) is 42.6 Å². The Morgan fingerprint density at radius 2 is 1.67 bits per heavy atom. The minimum atomic E-state index is -3.47. The molecule has 1 heterocycles. The number of nitrogens with zero attached hydrogens (tertiary/aromatic N) is 3. The fraction of sp³-hybridized carbons (Fsp3) is 0.143. The van der Waals surface area contributed by atoms with Gasteiger partial charge < -0.3 is 15.8 Å². The molecule has 1 saturated carbocycles. The highest BCUT2D eigenvalue weighted by Crippen LogP contribution is 2.49. The van der Waals surface area contributed by atoms with Crippen LogP contribution in [0.3, 0.4) is 0 Å². The highest BCUT2D eigenvalue weighted by molar-refractivity contribution is 7.92. The average molecular weight is 595 g/mol. The Balaban J connectivity index is 1.38. The molecule has 3 aromatic carbocycles. The summed E-state index contributed by atoms with van der Waals surface area (Å²) in [6.45, 7) is 0. The van der Waals surface area contributed by atoms with E-state index in [-0.39, 0.29) is 41.8 Å². The molecule has 1 fully saturated rings. The summed E-state index contributed by atoms with van der Waals surface area (Å²) in [6.07, 6.45) is 2.92. The summed E-state index contributed by atoms with van der Waals surface area (Å²) in [5, 5.41) is 2.92. The number of carbonyl (C=O) groups excluding carboxylic acids is 2. The Bertz CT molecular complexity index is 1780. The predicted octanol–water partition coefficient (Wildman–Crippen LogP) is 4.59. The van der Waals surface area contributed by atoms with E-state index >= 15 is 4.39 Å². The van der Waals surface area contributed by atoms with Crippen LogP contribution in [-0.4, -0.2) is 36.5 Å². The van der Waals surface area contributed by atoms with Gasteiger partial charge in [0.1, 0.15) is 11.2 Å². The first-order valence-electron chi connectivity index (χ1n) is 12.5. The van der Waals surface area contributed by atoms with Crippen LogP contribution in [0.15, 0.2) is 79.0 Å². The molecule has 1 aliphatic carbocycles. The summed E-state index contributed by atoms with van der Waals surface area (Å²) < 4.78 is 59.9. The highest BCUT2D eigenvalue weighted by Gasteiger charge is 2.57. The number of halogens is 2. The van der Waals surface area contributed by atoms with Gasteiger partial charge in [-0.15, -0.1) is 0 Å².